The van der Waals surface area contributed by atoms with Crippen LogP contribution in [0, 0.1) is 0 Å². The maximum atomic E-state index is 13.3. The van der Waals surface area contributed by atoms with E-state index in [1.807, 2.05) is 74.5 Å². The predicted octanol–water partition coefficient (Wildman–Crippen LogP) is 2.74. The molecule has 3 aromatic carbocycles. The Bertz CT molecular complexity index is 1460. The van der Waals surface area contributed by atoms with Gasteiger partial charge in [-0.3, -0.25) is 14.5 Å². The monoisotopic (exact) mass is 616 g/mol. The molecule has 230 valence electrons. The number of hydrogen-bond acceptors (Lipinski definition) is 8. The number of benzene rings is 3. The highest BCUT2D eigenvalue weighted by atomic mass is 28.4. The molecule has 0 spiro atoms. The molecule has 12 heteroatoms. The Morgan fingerprint density at radius 3 is 1.95 bits per heavy atom. The first-order valence-corrected chi connectivity index (χ1v) is 16.5. The molecule has 3 N–H and O–H groups in total. The summed E-state index contributed by atoms with van der Waals surface area (Å²) in [6, 6.07) is 24.1. The van der Waals surface area contributed by atoms with Crippen LogP contribution in [-0.4, -0.2) is 83.8 Å². The number of nitrogens with zero attached hydrogens (tertiary/aromatic N) is 4. The quantitative estimate of drug-likeness (QED) is 0.0744. The molecule has 2 amide bonds. The van der Waals surface area contributed by atoms with Crippen LogP contribution in [0.3, 0.4) is 0 Å². The molecule has 5 atom stereocenters. The molecule has 5 unspecified atom stereocenters. The fraction of sp³-hybridized carbons (Fsp3) is 0.375. The lowest BCUT2D eigenvalue weighted by Gasteiger charge is -2.46. The third kappa shape index (κ3) is 5.69. The highest BCUT2D eigenvalue weighted by molar-refractivity contribution is 6.98. The summed E-state index contributed by atoms with van der Waals surface area (Å²) in [7, 11) is -3.36. The molecule has 0 saturated carbocycles. The second kappa shape index (κ2) is 13.0. The number of carbonyl (C=O) groups excluding carboxylic acids is 2. The van der Waals surface area contributed by atoms with Gasteiger partial charge in [0.1, 0.15) is 18.2 Å². The molecular formula is C32H36N4O7Si. The largest absolute Gasteiger partial charge is 0.424 e. The van der Waals surface area contributed by atoms with Crippen LogP contribution in [0.2, 0.25) is 5.04 Å². The number of rotatable bonds is 11. The van der Waals surface area contributed by atoms with Crippen LogP contribution in [-0.2, 0) is 9.47 Å². The summed E-state index contributed by atoms with van der Waals surface area (Å²) in [5.74, 6) is -1.26. The number of aliphatic hydroxyl groups excluding tert-OH is 2. The Kier molecular flexibility index (Phi) is 9.33. The maximum Gasteiger partial charge on any atom is 0.262 e. The second-order valence-corrected chi connectivity index (χ2v) is 15.7. The minimum absolute atomic E-state index is 0.0473. The first-order valence-electron chi connectivity index (χ1n) is 14.6. The van der Waals surface area contributed by atoms with Crippen LogP contribution >= 0.6 is 0 Å². The molecule has 5 rings (SSSR count). The average Bonchev–Trinajstić information content (AvgIpc) is 3.29. The van der Waals surface area contributed by atoms with Gasteiger partial charge in [-0.15, -0.1) is 0 Å². The van der Waals surface area contributed by atoms with Crippen LogP contribution in [0.25, 0.3) is 10.4 Å². The van der Waals surface area contributed by atoms with Gasteiger partial charge in [0, 0.05) is 11.5 Å². The van der Waals surface area contributed by atoms with Crippen LogP contribution in [0.4, 0.5) is 0 Å². The summed E-state index contributed by atoms with van der Waals surface area (Å²) < 4.78 is 12.1. The molecule has 0 bridgehead atoms. The summed E-state index contributed by atoms with van der Waals surface area (Å²) in [4.78, 5) is 42.7. The summed E-state index contributed by atoms with van der Waals surface area (Å²) >= 11 is 0. The van der Waals surface area contributed by atoms with E-state index in [0.29, 0.717) is 6.42 Å². The van der Waals surface area contributed by atoms with Gasteiger partial charge in [0.2, 0.25) is 0 Å². The lowest BCUT2D eigenvalue weighted by molar-refractivity contribution is -0.274. The van der Waals surface area contributed by atoms with E-state index < -0.39 is 55.8 Å². The highest BCUT2D eigenvalue weighted by Crippen LogP contribution is 2.42. The van der Waals surface area contributed by atoms with Crippen molar-refractivity contribution in [1.29, 1.82) is 0 Å². The van der Waals surface area contributed by atoms with Crippen molar-refractivity contribution in [3.63, 3.8) is 0 Å². The zero-order chi connectivity index (χ0) is 31.5. The maximum absolute atomic E-state index is 13.3. The molecule has 2 aliphatic heterocycles. The smallest absolute Gasteiger partial charge is 0.262 e. The summed E-state index contributed by atoms with van der Waals surface area (Å²) in [5.41, 5.74) is 9.04. The Balaban J connectivity index is 1.41. The minimum Gasteiger partial charge on any atom is -0.424 e. The van der Waals surface area contributed by atoms with E-state index in [9.17, 15) is 24.6 Å². The number of ether oxygens (including phenoxy) is 2. The van der Waals surface area contributed by atoms with Gasteiger partial charge in [0.05, 0.1) is 23.8 Å². The van der Waals surface area contributed by atoms with Crippen molar-refractivity contribution < 1.29 is 34.1 Å². The van der Waals surface area contributed by atoms with E-state index in [-0.39, 0.29) is 30.7 Å². The van der Waals surface area contributed by atoms with E-state index in [2.05, 4.69) is 10.0 Å². The third-order valence-electron chi connectivity index (χ3n) is 8.75. The van der Waals surface area contributed by atoms with Crippen molar-refractivity contribution in [3.8, 4) is 0 Å². The number of aliphatic hydroxyl groups is 2. The van der Waals surface area contributed by atoms with Gasteiger partial charge < -0.3 is 24.5 Å². The highest BCUT2D eigenvalue weighted by Gasteiger charge is 2.55. The number of carbonyl (C=O) groups is 2. The van der Waals surface area contributed by atoms with Gasteiger partial charge in [-0.25, -0.2) is 0 Å². The lowest BCUT2D eigenvalue weighted by Crippen LogP contribution is -2.66. The van der Waals surface area contributed by atoms with Crippen molar-refractivity contribution in [2.75, 3.05) is 13.2 Å². The van der Waals surface area contributed by atoms with Crippen LogP contribution < -0.4 is 10.4 Å². The molecule has 11 nitrogen and oxygen atoms in total. The van der Waals surface area contributed by atoms with E-state index >= 15 is 0 Å². The van der Waals surface area contributed by atoms with Crippen molar-refractivity contribution >= 4 is 30.5 Å². The zero-order valence-electron chi connectivity index (χ0n) is 24.6. The predicted molar refractivity (Wildman–Crippen MR) is 165 cm³/mol. The van der Waals surface area contributed by atoms with Crippen LogP contribution in [0.1, 0.15) is 47.4 Å². The fourth-order valence-electron chi connectivity index (χ4n) is 6.29. The minimum atomic E-state index is -3.36. The fourth-order valence-corrected chi connectivity index (χ4v) is 10.0. The standard InChI is InChI=1S/C32H36N4O7Si/c1-32(2,44(41,21-11-5-3-6-12-21)22-13-7-4-8-14-22)18-17-25-27(37)28(38)26(31(43-25)42-20-19-34-35-33)36-29(39)23-15-9-10-16-24(23)30(36)40/h3-16,25-28,31,37-38,41H,17-20H2,1-2H3. The first-order chi connectivity index (χ1) is 21.1. The molecule has 2 heterocycles. The molecule has 2 aliphatic rings. The topological polar surface area (TPSA) is 165 Å². The van der Waals surface area contributed by atoms with Gasteiger partial charge in [0.25, 0.3) is 20.1 Å². The molecule has 1 fully saturated rings. The Morgan fingerprint density at radius 2 is 1.43 bits per heavy atom. The lowest BCUT2D eigenvalue weighted by atomic mass is 9.91. The van der Waals surface area contributed by atoms with E-state index in [1.54, 1.807) is 12.1 Å². The number of hydrogen-bond donors (Lipinski definition) is 3. The molecule has 1 saturated heterocycles. The first kappa shape index (κ1) is 31.5. The molecule has 3 aromatic rings. The van der Waals surface area contributed by atoms with Crippen LogP contribution in [0.15, 0.2) is 90.0 Å². The average molecular weight is 617 g/mol. The molecular weight excluding hydrogens is 580 g/mol. The number of azide groups is 1. The number of amides is 2. The van der Waals surface area contributed by atoms with Crippen molar-refractivity contribution in [1.82, 2.24) is 4.90 Å². The Morgan fingerprint density at radius 1 is 0.909 bits per heavy atom. The van der Waals surface area contributed by atoms with Crippen molar-refractivity contribution in [2.45, 2.75) is 62.4 Å². The van der Waals surface area contributed by atoms with Gasteiger partial charge in [-0.1, -0.05) is 91.8 Å². The molecule has 0 aromatic heterocycles. The van der Waals surface area contributed by atoms with E-state index in [4.69, 9.17) is 15.0 Å². The van der Waals surface area contributed by atoms with Gasteiger partial charge >= 0.3 is 0 Å². The Labute approximate surface area is 256 Å². The molecule has 0 aliphatic carbocycles. The summed E-state index contributed by atoms with van der Waals surface area (Å²) in [6.45, 7) is 3.82. The van der Waals surface area contributed by atoms with Crippen molar-refractivity contribution in [3.05, 3.63) is 106 Å². The van der Waals surface area contributed by atoms with Crippen molar-refractivity contribution in [2.24, 2.45) is 5.11 Å². The Hall–Kier alpha value is -3.87. The van der Waals surface area contributed by atoms with E-state index in [0.717, 1.165) is 15.3 Å². The molecule has 44 heavy (non-hydrogen) atoms. The van der Waals surface area contributed by atoms with E-state index in [1.165, 1.54) is 12.1 Å². The molecule has 0 radical (unpaired) electrons. The SMILES string of the molecule is CC(C)(CCC1OC(OCCN=[N+]=[N-])C(N2C(=O)c3ccccc3C2=O)C(O)C1O)[Si](O)(c1ccccc1)c1ccccc1. The third-order valence-corrected chi connectivity index (χ3v) is 13.3. The number of fused-ring (bicyclic) bond motifs is 1. The van der Waals surface area contributed by atoms with Gasteiger partial charge in [0.15, 0.2) is 6.29 Å². The zero-order valence-corrected chi connectivity index (χ0v) is 25.6. The summed E-state index contributed by atoms with van der Waals surface area (Å²) in [5, 5.41) is 27.2. The van der Waals surface area contributed by atoms with Gasteiger partial charge in [-0.05, 0) is 45.9 Å². The normalized spacial score (nSPS) is 23.8. The van der Waals surface area contributed by atoms with Crippen LogP contribution in [0.5, 0.6) is 0 Å². The number of imide groups is 1. The van der Waals surface area contributed by atoms with Gasteiger partial charge in [-0.2, -0.15) is 0 Å². The summed E-state index contributed by atoms with van der Waals surface area (Å²) in [6.07, 6.45) is -4.70. The second-order valence-electron chi connectivity index (χ2n) is 11.7.